The van der Waals surface area contributed by atoms with E-state index in [0.29, 0.717) is 17.1 Å². The van der Waals surface area contributed by atoms with Crippen LogP contribution < -0.4 is 0 Å². The second kappa shape index (κ2) is 5.37. The lowest BCUT2D eigenvalue weighted by atomic mass is 10.1. The predicted octanol–water partition coefficient (Wildman–Crippen LogP) is 3.40. The van der Waals surface area contributed by atoms with Crippen LogP contribution in [0.4, 0.5) is 4.39 Å². The van der Waals surface area contributed by atoms with Crippen LogP contribution in [0.3, 0.4) is 0 Å². The number of nitrogens with zero attached hydrogens (tertiary/aromatic N) is 1. The Bertz CT molecular complexity index is 625. The molecule has 3 nitrogen and oxygen atoms in total. The Morgan fingerprint density at radius 3 is 2.83 bits per heavy atom. The van der Waals surface area contributed by atoms with Crippen LogP contribution in [0, 0.1) is 17.4 Å². The summed E-state index contributed by atoms with van der Waals surface area (Å²) in [4.78, 5) is 7.40. The van der Waals surface area contributed by atoms with E-state index in [-0.39, 0.29) is 5.82 Å². The minimum absolute atomic E-state index is 0.261. The van der Waals surface area contributed by atoms with Crippen LogP contribution in [-0.4, -0.2) is 17.1 Å². The van der Waals surface area contributed by atoms with Crippen LogP contribution in [-0.2, 0) is 11.3 Å². The zero-order chi connectivity index (χ0) is 13.1. The molecule has 1 aromatic heterocycles. The zero-order valence-electron chi connectivity index (χ0n) is 10.2. The van der Waals surface area contributed by atoms with Crippen molar-refractivity contribution in [3.8, 4) is 11.4 Å². The summed E-state index contributed by atoms with van der Waals surface area (Å²) < 4.78 is 18.6. The number of halogens is 1. The normalized spacial score (nSPS) is 10.6. The number of rotatable bonds is 3. The van der Waals surface area contributed by atoms with Crippen LogP contribution in [0.15, 0.2) is 24.3 Å². The molecule has 1 heterocycles. The number of hydrogen-bond donors (Lipinski definition) is 1. The van der Waals surface area contributed by atoms with Crippen LogP contribution in [0.1, 0.15) is 11.3 Å². The predicted molar refractivity (Wildman–Crippen MR) is 70.3 cm³/mol. The van der Waals surface area contributed by atoms with E-state index in [2.05, 4.69) is 9.97 Å². The van der Waals surface area contributed by atoms with E-state index >= 15 is 0 Å². The molecule has 0 saturated carbocycles. The molecular formula is C13H13FN2OS. The summed E-state index contributed by atoms with van der Waals surface area (Å²) in [5.74, 6) is 0.370. The molecule has 0 saturated heterocycles. The summed E-state index contributed by atoms with van der Waals surface area (Å²) >= 11 is 5.11. The number of H-pyrrole nitrogens is 1. The molecule has 0 amide bonds. The van der Waals surface area contributed by atoms with Gasteiger partial charge in [-0.25, -0.2) is 9.37 Å². The second-order valence-corrected chi connectivity index (χ2v) is 4.40. The first-order valence-corrected chi connectivity index (χ1v) is 5.86. The molecule has 0 unspecified atom stereocenters. The van der Waals surface area contributed by atoms with Crippen LogP contribution in [0.25, 0.3) is 11.4 Å². The summed E-state index contributed by atoms with van der Waals surface area (Å²) in [6.45, 7) is 2.26. The molecule has 2 aromatic rings. The molecule has 0 aliphatic rings. The first kappa shape index (κ1) is 12.9. The molecule has 0 fully saturated rings. The van der Waals surface area contributed by atoms with Crippen molar-refractivity contribution >= 4 is 12.2 Å². The highest BCUT2D eigenvalue weighted by atomic mass is 32.1. The Labute approximate surface area is 110 Å². The van der Waals surface area contributed by atoms with Crippen LogP contribution >= 0.6 is 12.2 Å². The third kappa shape index (κ3) is 2.80. The summed E-state index contributed by atoms with van der Waals surface area (Å²) in [6.07, 6.45) is 0. The fourth-order valence-corrected chi connectivity index (χ4v) is 1.99. The van der Waals surface area contributed by atoms with Crippen LogP contribution in [0.5, 0.6) is 0 Å². The first-order chi connectivity index (χ1) is 8.60. The first-order valence-electron chi connectivity index (χ1n) is 5.46. The van der Waals surface area contributed by atoms with Gasteiger partial charge >= 0.3 is 0 Å². The average molecular weight is 264 g/mol. The maximum atomic E-state index is 13.1. The molecule has 2 rings (SSSR count). The number of hydrogen-bond acceptors (Lipinski definition) is 3. The second-order valence-electron chi connectivity index (χ2n) is 3.99. The number of aromatic amines is 1. The number of methoxy groups -OCH3 is 1. The molecule has 0 bridgehead atoms. The van der Waals surface area contributed by atoms with Crippen molar-refractivity contribution in [1.29, 1.82) is 0 Å². The van der Waals surface area contributed by atoms with Gasteiger partial charge in [-0.15, -0.1) is 0 Å². The van der Waals surface area contributed by atoms with Crippen molar-refractivity contribution in [2.45, 2.75) is 13.5 Å². The topological polar surface area (TPSA) is 37.9 Å². The van der Waals surface area contributed by atoms with Crippen molar-refractivity contribution in [3.05, 3.63) is 46.0 Å². The monoisotopic (exact) mass is 264 g/mol. The van der Waals surface area contributed by atoms with Crippen molar-refractivity contribution in [1.82, 2.24) is 9.97 Å². The fourth-order valence-electron chi connectivity index (χ4n) is 1.76. The number of benzene rings is 1. The van der Waals surface area contributed by atoms with E-state index in [1.54, 1.807) is 19.2 Å². The van der Waals surface area contributed by atoms with Gasteiger partial charge in [0, 0.05) is 18.4 Å². The molecule has 0 radical (unpaired) electrons. The highest BCUT2D eigenvalue weighted by Gasteiger charge is 2.06. The molecule has 0 spiro atoms. The maximum absolute atomic E-state index is 13.1. The van der Waals surface area contributed by atoms with Gasteiger partial charge in [0.2, 0.25) is 0 Å². The SMILES string of the molecule is COCc1cc(=S)nc(-c2ccc(F)cc2C)[nH]1. The molecule has 1 N–H and O–H groups in total. The Morgan fingerprint density at radius 1 is 1.39 bits per heavy atom. The van der Waals surface area contributed by atoms with Gasteiger partial charge in [-0.3, -0.25) is 0 Å². The van der Waals surface area contributed by atoms with Crippen molar-refractivity contribution < 1.29 is 9.13 Å². The van der Waals surface area contributed by atoms with Crippen molar-refractivity contribution in [2.75, 3.05) is 7.11 Å². The molecule has 0 aliphatic heterocycles. The van der Waals surface area contributed by atoms with E-state index < -0.39 is 0 Å². The molecule has 5 heteroatoms. The molecule has 0 aliphatic carbocycles. The summed E-state index contributed by atoms with van der Waals surface area (Å²) in [6, 6.07) is 6.32. The standard InChI is InChI=1S/C13H13FN2OS/c1-8-5-9(14)3-4-11(8)13-15-10(7-17-2)6-12(18)16-13/h3-6H,7H2,1-2H3,(H,15,16,18). The third-order valence-electron chi connectivity index (χ3n) is 2.54. The zero-order valence-corrected chi connectivity index (χ0v) is 11.0. The molecular weight excluding hydrogens is 251 g/mol. The maximum Gasteiger partial charge on any atom is 0.139 e. The summed E-state index contributed by atoms with van der Waals surface area (Å²) in [5.41, 5.74) is 2.49. The third-order valence-corrected chi connectivity index (χ3v) is 2.75. The van der Waals surface area contributed by atoms with Crippen molar-refractivity contribution in [3.63, 3.8) is 0 Å². The Kier molecular flexibility index (Phi) is 3.84. The van der Waals surface area contributed by atoms with Gasteiger partial charge in [0.15, 0.2) is 0 Å². The van der Waals surface area contributed by atoms with Crippen molar-refractivity contribution in [2.24, 2.45) is 0 Å². The smallest absolute Gasteiger partial charge is 0.139 e. The number of nitrogens with one attached hydrogen (secondary N) is 1. The highest BCUT2D eigenvalue weighted by molar-refractivity contribution is 7.71. The van der Waals surface area contributed by atoms with Gasteiger partial charge in [-0.05, 0) is 36.8 Å². The summed E-state index contributed by atoms with van der Waals surface area (Å²) in [5, 5.41) is 0. The Balaban J connectivity index is 2.53. The Morgan fingerprint density at radius 2 is 2.17 bits per heavy atom. The molecule has 18 heavy (non-hydrogen) atoms. The average Bonchev–Trinajstić information content (AvgIpc) is 2.28. The number of aryl methyl sites for hydroxylation is 1. The summed E-state index contributed by atoms with van der Waals surface area (Å²) in [7, 11) is 1.61. The molecule has 1 aromatic carbocycles. The quantitative estimate of drug-likeness (QED) is 0.863. The highest BCUT2D eigenvalue weighted by Crippen LogP contribution is 2.20. The van der Waals surface area contributed by atoms with E-state index in [4.69, 9.17) is 17.0 Å². The van der Waals surface area contributed by atoms with Gasteiger partial charge in [0.05, 0.1) is 6.61 Å². The van der Waals surface area contributed by atoms with Crippen LogP contribution in [0.2, 0.25) is 0 Å². The number of ether oxygens (including phenoxy) is 1. The Hall–Kier alpha value is -1.59. The largest absolute Gasteiger partial charge is 0.378 e. The van der Waals surface area contributed by atoms with Gasteiger partial charge < -0.3 is 9.72 Å². The minimum Gasteiger partial charge on any atom is -0.378 e. The number of aromatic nitrogens is 2. The lowest BCUT2D eigenvalue weighted by molar-refractivity contribution is 0.181. The lowest BCUT2D eigenvalue weighted by Gasteiger charge is -2.08. The van der Waals surface area contributed by atoms with Gasteiger partial charge in [0.25, 0.3) is 0 Å². The minimum atomic E-state index is -0.261. The van der Waals surface area contributed by atoms with E-state index in [1.807, 2.05) is 6.92 Å². The van der Waals surface area contributed by atoms with E-state index in [0.717, 1.165) is 16.8 Å². The van der Waals surface area contributed by atoms with E-state index in [9.17, 15) is 4.39 Å². The fraction of sp³-hybridized carbons (Fsp3) is 0.231. The van der Waals surface area contributed by atoms with Gasteiger partial charge in [-0.2, -0.15) is 0 Å². The van der Waals surface area contributed by atoms with Gasteiger partial charge in [-0.1, -0.05) is 12.2 Å². The lowest BCUT2D eigenvalue weighted by Crippen LogP contribution is -1.98. The molecule has 94 valence electrons. The molecule has 0 atom stereocenters. The van der Waals surface area contributed by atoms with Gasteiger partial charge in [0.1, 0.15) is 16.3 Å². The van der Waals surface area contributed by atoms with E-state index in [1.165, 1.54) is 12.1 Å².